The van der Waals surface area contributed by atoms with Crippen LogP contribution in [-0.2, 0) is 0 Å². The van der Waals surface area contributed by atoms with Crippen LogP contribution in [0.2, 0.25) is 0 Å². The normalized spacial score (nSPS) is 11.8. The Bertz CT molecular complexity index is 3720. The molecule has 0 bridgehead atoms. The van der Waals surface area contributed by atoms with Crippen LogP contribution in [0.4, 0.5) is 17.1 Å². The molecule has 0 amide bonds. The molecular weight excluding hydrogens is 799 g/mol. The molecule has 3 aromatic heterocycles. The van der Waals surface area contributed by atoms with E-state index in [0.717, 1.165) is 83.2 Å². The molecule has 0 fully saturated rings. The number of thiophene rings is 1. The second kappa shape index (κ2) is 14.7. The highest BCUT2D eigenvalue weighted by atomic mass is 32.1. The van der Waals surface area contributed by atoms with Gasteiger partial charge in [0.05, 0.1) is 0 Å². The van der Waals surface area contributed by atoms with Crippen molar-refractivity contribution < 1.29 is 8.83 Å². The molecule has 13 rings (SSSR count). The Balaban J connectivity index is 0.863. The number of para-hydroxylation sites is 2. The largest absolute Gasteiger partial charge is 0.456 e. The van der Waals surface area contributed by atoms with Crippen LogP contribution in [0.25, 0.3) is 109 Å². The number of hydrogen-bond donors (Lipinski definition) is 0. The fourth-order valence-corrected chi connectivity index (χ4v) is 10.7. The van der Waals surface area contributed by atoms with Crippen LogP contribution in [0.3, 0.4) is 0 Å². The quantitative estimate of drug-likeness (QED) is 0.160. The van der Waals surface area contributed by atoms with Gasteiger partial charge >= 0.3 is 0 Å². The van der Waals surface area contributed by atoms with Crippen molar-refractivity contribution >= 4 is 92.4 Å². The zero-order valence-corrected chi connectivity index (χ0v) is 35.4. The lowest BCUT2D eigenvalue weighted by Crippen LogP contribution is -2.09. The average Bonchev–Trinajstić information content (AvgIpc) is 4.06. The molecule has 0 saturated heterocycles. The lowest BCUT2D eigenvalue weighted by atomic mass is 9.98. The van der Waals surface area contributed by atoms with Crippen LogP contribution in [0, 0.1) is 0 Å². The van der Waals surface area contributed by atoms with Gasteiger partial charge in [-0.05, 0) is 123 Å². The van der Waals surface area contributed by atoms with E-state index in [2.05, 4.69) is 205 Å². The Morgan fingerprint density at radius 2 is 0.672 bits per heavy atom. The molecule has 0 N–H and O–H groups in total. The Kier molecular flexibility index (Phi) is 8.40. The highest BCUT2D eigenvalue weighted by Gasteiger charge is 2.18. The van der Waals surface area contributed by atoms with E-state index < -0.39 is 0 Å². The lowest BCUT2D eigenvalue weighted by molar-refractivity contribution is 0.668. The van der Waals surface area contributed by atoms with Crippen LogP contribution in [-0.4, -0.2) is 0 Å². The maximum Gasteiger partial charge on any atom is 0.136 e. The van der Waals surface area contributed by atoms with Crippen molar-refractivity contribution in [2.45, 2.75) is 0 Å². The minimum absolute atomic E-state index is 0.895. The van der Waals surface area contributed by atoms with E-state index in [1.807, 2.05) is 35.6 Å². The van der Waals surface area contributed by atoms with Gasteiger partial charge in [0, 0.05) is 58.8 Å². The molecule has 0 radical (unpaired) electrons. The Morgan fingerprint density at radius 1 is 0.281 bits per heavy atom. The first-order valence-corrected chi connectivity index (χ1v) is 22.5. The molecule has 3 heterocycles. The number of fused-ring (bicyclic) bond motifs is 9. The summed E-state index contributed by atoms with van der Waals surface area (Å²) in [4.78, 5) is 2.34. The molecular formula is C60H37NO2S. The van der Waals surface area contributed by atoms with Crippen LogP contribution in [0.1, 0.15) is 0 Å². The summed E-state index contributed by atoms with van der Waals surface area (Å²) in [7, 11) is 0. The molecule has 0 aliphatic heterocycles. The monoisotopic (exact) mass is 835 g/mol. The predicted octanol–water partition coefficient (Wildman–Crippen LogP) is 18.0. The summed E-state index contributed by atoms with van der Waals surface area (Å²) in [5.74, 6) is 0. The van der Waals surface area contributed by atoms with Gasteiger partial charge < -0.3 is 13.7 Å². The third kappa shape index (κ3) is 6.03. The van der Waals surface area contributed by atoms with E-state index in [-0.39, 0.29) is 0 Å². The third-order valence-corrected chi connectivity index (χ3v) is 13.9. The summed E-state index contributed by atoms with van der Waals surface area (Å²) in [5, 5.41) is 7.17. The van der Waals surface area contributed by atoms with Crippen LogP contribution >= 0.6 is 11.3 Å². The molecule has 0 atom stereocenters. The molecule has 64 heavy (non-hydrogen) atoms. The van der Waals surface area contributed by atoms with Gasteiger partial charge in [0.15, 0.2) is 0 Å². The van der Waals surface area contributed by atoms with Crippen molar-refractivity contribution in [2.75, 3.05) is 4.90 Å². The SMILES string of the molecule is c1ccc2c(c1)oc1cccc(-c3ccc(N(c4ccc(-c5ccc(-c6ccc7sc8ccccc8c7c6)cc5)cc4)c4ccc(-c5cccc6oc7ccccc7c56)cc4)cc3)c12. The summed E-state index contributed by atoms with van der Waals surface area (Å²) in [6.45, 7) is 0. The van der Waals surface area contributed by atoms with E-state index in [4.69, 9.17) is 8.83 Å². The molecule has 300 valence electrons. The molecule has 4 heteroatoms. The van der Waals surface area contributed by atoms with E-state index >= 15 is 0 Å². The Morgan fingerprint density at radius 3 is 1.20 bits per heavy atom. The Labute approximate surface area is 373 Å². The molecule has 0 aliphatic carbocycles. The zero-order valence-electron chi connectivity index (χ0n) is 34.5. The topological polar surface area (TPSA) is 29.5 Å². The minimum Gasteiger partial charge on any atom is -0.456 e. The molecule has 3 nitrogen and oxygen atoms in total. The fraction of sp³-hybridized carbons (Fsp3) is 0. The minimum atomic E-state index is 0.895. The molecule has 0 unspecified atom stereocenters. The van der Waals surface area contributed by atoms with Gasteiger partial charge in [-0.15, -0.1) is 11.3 Å². The van der Waals surface area contributed by atoms with Gasteiger partial charge in [-0.1, -0.05) is 146 Å². The van der Waals surface area contributed by atoms with Crippen molar-refractivity contribution in [1.82, 2.24) is 0 Å². The highest BCUT2D eigenvalue weighted by Crippen LogP contribution is 2.43. The van der Waals surface area contributed by atoms with Crippen LogP contribution in [0.15, 0.2) is 233 Å². The van der Waals surface area contributed by atoms with Gasteiger partial charge in [0.25, 0.3) is 0 Å². The number of rotatable bonds is 7. The molecule has 10 aromatic carbocycles. The van der Waals surface area contributed by atoms with Crippen molar-refractivity contribution in [3.05, 3.63) is 224 Å². The first kappa shape index (κ1) is 36.5. The first-order valence-electron chi connectivity index (χ1n) is 21.6. The maximum atomic E-state index is 6.25. The summed E-state index contributed by atoms with van der Waals surface area (Å²) >= 11 is 1.86. The van der Waals surface area contributed by atoms with E-state index in [9.17, 15) is 0 Å². The standard InChI is InChI=1S/C60H37NO2S/c1-4-14-53-50(10-1)59-47(12-7-16-55(59)62-53)41-25-32-45(33-26-41)61(46-34-27-42(28-35-46)48-13-8-17-56-60(48)51-11-2-5-15-54(51)63-56)44-30-23-39(24-31-44)38-19-21-40(22-20-38)43-29-36-58-52(37-43)49-9-3-6-18-57(49)64-58/h1-37H. The van der Waals surface area contributed by atoms with E-state index in [1.54, 1.807) is 0 Å². The number of benzene rings is 10. The smallest absolute Gasteiger partial charge is 0.136 e. The van der Waals surface area contributed by atoms with Gasteiger partial charge in [0.2, 0.25) is 0 Å². The number of nitrogens with zero attached hydrogens (tertiary/aromatic N) is 1. The van der Waals surface area contributed by atoms with Crippen molar-refractivity contribution in [2.24, 2.45) is 0 Å². The summed E-state index contributed by atoms with van der Waals surface area (Å²) in [5.41, 5.74) is 16.2. The average molecular weight is 836 g/mol. The van der Waals surface area contributed by atoms with Crippen molar-refractivity contribution in [1.29, 1.82) is 0 Å². The van der Waals surface area contributed by atoms with Crippen molar-refractivity contribution in [3.8, 4) is 44.5 Å². The van der Waals surface area contributed by atoms with Gasteiger partial charge in [-0.2, -0.15) is 0 Å². The zero-order chi connectivity index (χ0) is 42.1. The van der Waals surface area contributed by atoms with Gasteiger partial charge in [0.1, 0.15) is 22.3 Å². The van der Waals surface area contributed by atoms with Gasteiger partial charge in [-0.3, -0.25) is 0 Å². The lowest BCUT2D eigenvalue weighted by Gasteiger charge is -2.26. The van der Waals surface area contributed by atoms with Crippen molar-refractivity contribution in [3.63, 3.8) is 0 Å². The fourth-order valence-electron chi connectivity index (χ4n) is 9.62. The predicted molar refractivity (Wildman–Crippen MR) is 270 cm³/mol. The van der Waals surface area contributed by atoms with E-state index in [0.29, 0.717) is 0 Å². The van der Waals surface area contributed by atoms with Crippen LogP contribution in [0.5, 0.6) is 0 Å². The highest BCUT2D eigenvalue weighted by molar-refractivity contribution is 7.25. The second-order valence-electron chi connectivity index (χ2n) is 16.4. The Hall–Kier alpha value is -8.18. The summed E-state index contributed by atoms with van der Waals surface area (Å²) in [6, 6.07) is 80.5. The number of anilines is 3. The summed E-state index contributed by atoms with van der Waals surface area (Å²) in [6.07, 6.45) is 0. The maximum absolute atomic E-state index is 6.25. The molecule has 0 spiro atoms. The van der Waals surface area contributed by atoms with Crippen LogP contribution < -0.4 is 4.90 Å². The van der Waals surface area contributed by atoms with Gasteiger partial charge in [-0.25, -0.2) is 0 Å². The third-order valence-electron chi connectivity index (χ3n) is 12.7. The summed E-state index contributed by atoms with van der Waals surface area (Å²) < 4.78 is 15.2. The number of furan rings is 2. The molecule has 0 saturated carbocycles. The second-order valence-corrected chi connectivity index (χ2v) is 17.5. The van der Waals surface area contributed by atoms with E-state index in [1.165, 1.54) is 42.4 Å². The molecule has 13 aromatic rings. The number of hydrogen-bond acceptors (Lipinski definition) is 4. The molecule has 0 aliphatic rings. The first-order chi connectivity index (χ1) is 31.7.